The van der Waals surface area contributed by atoms with Crippen molar-refractivity contribution in [3.05, 3.63) is 54.7 Å². The summed E-state index contributed by atoms with van der Waals surface area (Å²) >= 11 is 0. The van der Waals surface area contributed by atoms with Crippen molar-refractivity contribution in [2.45, 2.75) is 38.4 Å². The summed E-state index contributed by atoms with van der Waals surface area (Å²) in [6.07, 6.45) is 5.55. The van der Waals surface area contributed by atoms with E-state index in [2.05, 4.69) is 4.98 Å². The lowest BCUT2D eigenvalue weighted by Gasteiger charge is -2.25. The number of nitrogens with zero attached hydrogens (tertiary/aromatic N) is 3. The highest BCUT2D eigenvalue weighted by Crippen LogP contribution is 2.31. The van der Waals surface area contributed by atoms with E-state index in [1.165, 1.54) is 0 Å². The van der Waals surface area contributed by atoms with E-state index in [4.69, 9.17) is 4.42 Å². The Morgan fingerprint density at radius 3 is 2.91 bits per heavy atom. The van der Waals surface area contributed by atoms with Crippen molar-refractivity contribution in [3.63, 3.8) is 0 Å². The monoisotopic (exact) mass is 309 g/mol. The molecule has 1 aliphatic carbocycles. The van der Waals surface area contributed by atoms with Crippen LogP contribution in [0.15, 0.2) is 53.4 Å². The van der Waals surface area contributed by atoms with Crippen LogP contribution in [0.3, 0.4) is 0 Å². The molecule has 5 nitrogen and oxygen atoms in total. The van der Waals surface area contributed by atoms with Crippen molar-refractivity contribution >= 4 is 16.9 Å². The molecule has 2 heterocycles. The van der Waals surface area contributed by atoms with Crippen LogP contribution in [0, 0.1) is 0 Å². The fourth-order valence-electron chi connectivity index (χ4n) is 2.99. The second-order valence-electron chi connectivity index (χ2n) is 6.09. The summed E-state index contributed by atoms with van der Waals surface area (Å²) in [6, 6.07) is 11.7. The Bertz CT molecular complexity index is 818. The second kappa shape index (κ2) is 5.57. The largest absolute Gasteiger partial charge is 0.467 e. The predicted molar refractivity (Wildman–Crippen MR) is 86.7 cm³/mol. The van der Waals surface area contributed by atoms with Crippen molar-refractivity contribution in [1.29, 1.82) is 0 Å². The van der Waals surface area contributed by atoms with Gasteiger partial charge in [0.2, 0.25) is 5.91 Å². The number of amides is 1. The maximum absolute atomic E-state index is 13.0. The van der Waals surface area contributed by atoms with Crippen LogP contribution in [-0.2, 0) is 11.3 Å². The lowest BCUT2D eigenvalue weighted by Crippen LogP contribution is -2.37. The number of carbonyl (C=O) groups is 1. The van der Waals surface area contributed by atoms with Gasteiger partial charge in [-0.15, -0.1) is 0 Å². The van der Waals surface area contributed by atoms with Crippen molar-refractivity contribution < 1.29 is 9.21 Å². The number of carbonyl (C=O) groups excluding carboxylic acids is 1. The van der Waals surface area contributed by atoms with Crippen LogP contribution in [0.2, 0.25) is 0 Å². The van der Waals surface area contributed by atoms with Crippen LogP contribution in [-0.4, -0.2) is 26.4 Å². The number of furan rings is 1. The molecule has 1 saturated carbocycles. The number of hydrogen-bond acceptors (Lipinski definition) is 3. The van der Waals surface area contributed by atoms with Gasteiger partial charge in [0.05, 0.1) is 30.2 Å². The molecule has 1 amide bonds. The third-order valence-corrected chi connectivity index (χ3v) is 4.43. The minimum Gasteiger partial charge on any atom is -0.467 e. The van der Waals surface area contributed by atoms with Crippen LogP contribution in [0.1, 0.15) is 31.6 Å². The minimum atomic E-state index is -0.280. The Kier molecular flexibility index (Phi) is 3.41. The maximum Gasteiger partial charge on any atom is 0.246 e. The van der Waals surface area contributed by atoms with E-state index in [1.807, 2.05) is 52.8 Å². The fraction of sp³-hybridized carbons (Fsp3) is 0.333. The van der Waals surface area contributed by atoms with E-state index in [-0.39, 0.29) is 11.9 Å². The summed E-state index contributed by atoms with van der Waals surface area (Å²) < 4.78 is 7.37. The Morgan fingerprint density at radius 1 is 1.35 bits per heavy atom. The molecular weight excluding hydrogens is 290 g/mol. The van der Waals surface area contributed by atoms with Gasteiger partial charge in [-0.2, -0.15) is 0 Å². The average molecular weight is 309 g/mol. The zero-order chi connectivity index (χ0) is 15.8. The summed E-state index contributed by atoms with van der Waals surface area (Å²) in [5.41, 5.74) is 1.90. The average Bonchev–Trinajstić information content (AvgIpc) is 3.11. The molecule has 118 valence electrons. The van der Waals surface area contributed by atoms with E-state index in [9.17, 15) is 4.79 Å². The predicted octanol–water partition coefficient (Wildman–Crippen LogP) is 3.38. The van der Waals surface area contributed by atoms with Gasteiger partial charge in [0.1, 0.15) is 11.8 Å². The first-order valence-corrected chi connectivity index (χ1v) is 7.98. The number of rotatable bonds is 5. The molecule has 1 aromatic carbocycles. The molecule has 0 saturated heterocycles. The molecule has 1 aliphatic rings. The summed E-state index contributed by atoms with van der Waals surface area (Å²) in [5, 5.41) is 0. The highest BCUT2D eigenvalue weighted by molar-refractivity contribution is 5.84. The number of fused-ring (bicyclic) bond motifs is 1. The van der Waals surface area contributed by atoms with Gasteiger partial charge in [-0.25, -0.2) is 4.98 Å². The first-order valence-electron chi connectivity index (χ1n) is 7.98. The van der Waals surface area contributed by atoms with Gasteiger partial charge in [-0.1, -0.05) is 12.1 Å². The van der Waals surface area contributed by atoms with Gasteiger partial charge >= 0.3 is 0 Å². The molecule has 0 bridgehead atoms. The molecule has 0 N–H and O–H groups in total. The number of imidazole rings is 1. The SMILES string of the molecule is C[C@@H](C(=O)N(Cc1ccco1)C1CC1)n1cnc2ccccc21. The first kappa shape index (κ1) is 14.1. The third kappa shape index (κ3) is 2.63. The van der Waals surface area contributed by atoms with Crippen LogP contribution >= 0.6 is 0 Å². The Morgan fingerprint density at radius 2 is 2.17 bits per heavy atom. The molecule has 1 atom stereocenters. The molecular formula is C18H19N3O2. The van der Waals surface area contributed by atoms with Gasteiger partial charge < -0.3 is 13.9 Å². The molecule has 0 radical (unpaired) electrons. The van der Waals surface area contributed by atoms with Gasteiger partial charge in [-0.3, -0.25) is 4.79 Å². The molecule has 1 fully saturated rings. The van der Waals surface area contributed by atoms with Crippen molar-refractivity contribution in [2.24, 2.45) is 0 Å². The van der Waals surface area contributed by atoms with E-state index in [0.29, 0.717) is 12.6 Å². The standard InChI is InChI=1S/C18H19N3O2/c1-13(21-12-19-16-6-2-3-7-17(16)21)18(22)20(14-8-9-14)11-15-5-4-10-23-15/h2-7,10,12-14H,8-9,11H2,1H3/t13-/m0/s1. The molecule has 4 rings (SSSR count). The zero-order valence-corrected chi connectivity index (χ0v) is 13.1. The zero-order valence-electron chi connectivity index (χ0n) is 13.1. The van der Waals surface area contributed by atoms with E-state index in [0.717, 1.165) is 29.6 Å². The second-order valence-corrected chi connectivity index (χ2v) is 6.09. The topological polar surface area (TPSA) is 51.3 Å². The Hall–Kier alpha value is -2.56. The third-order valence-electron chi connectivity index (χ3n) is 4.43. The molecule has 0 unspecified atom stereocenters. The fourth-order valence-corrected chi connectivity index (χ4v) is 2.99. The van der Waals surface area contributed by atoms with Crippen LogP contribution in [0.25, 0.3) is 11.0 Å². The minimum absolute atomic E-state index is 0.118. The van der Waals surface area contributed by atoms with Crippen molar-refractivity contribution in [2.75, 3.05) is 0 Å². The highest BCUT2D eigenvalue weighted by atomic mass is 16.3. The number of para-hydroxylation sites is 2. The normalized spacial score (nSPS) is 15.7. The lowest BCUT2D eigenvalue weighted by molar-refractivity contribution is -0.135. The molecule has 5 heteroatoms. The number of aromatic nitrogens is 2. The van der Waals surface area contributed by atoms with Crippen LogP contribution in [0.4, 0.5) is 0 Å². The quantitative estimate of drug-likeness (QED) is 0.726. The van der Waals surface area contributed by atoms with Gasteiger partial charge in [0.15, 0.2) is 0 Å². The van der Waals surface area contributed by atoms with E-state index < -0.39 is 0 Å². The number of benzene rings is 1. The maximum atomic E-state index is 13.0. The molecule has 2 aromatic heterocycles. The van der Waals surface area contributed by atoms with Gasteiger partial charge in [0, 0.05) is 6.04 Å². The molecule has 0 spiro atoms. The smallest absolute Gasteiger partial charge is 0.246 e. The van der Waals surface area contributed by atoms with Crippen LogP contribution < -0.4 is 0 Å². The Labute approximate surface area is 134 Å². The van der Waals surface area contributed by atoms with Gasteiger partial charge in [0.25, 0.3) is 0 Å². The van der Waals surface area contributed by atoms with Crippen LogP contribution in [0.5, 0.6) is 0 Å². The van der Waals surface area contributed by atoms with Gasteiger partial charge in [-0.05, 0) is 44.0 Å². The summed E-state index contributed by atoms with van der Waals surface area (Å²) in [4.78, 5) is 19.4. The first-order chi connectivity index (χ1) is 11.2. The Balaban J connectivity index is 1.61. The summed E-state index contributed by atoms with van der Waals surface area (Å²) in [6.45, 7) is 2.47. The van der Waals surface area contributed by atoms with E-state index in [1.54, 1.807) is 12.6 Å². The highest BCUT2D eigenvalue weighted by Gasteiger charge is 2.35. The van der Waals surface area contributed by atoms with Crippen molar-refractivity contribution in [1.82, 2.24) is 14.5 Å². The molecule has 3 aromatic rings. The van der Waals surface area contributed by atoms with Crippen molar-refractivity contribution in [3.8, 4) is 0 Å². The molecule has 23 heavy (non-hydrogen) atoms. The van der Waals surface area contributed by atoms with E-state index >= 15 is 0 Å². The summed E-state index contributed by atoms with van der Waals surface area (Å²) in [7, 11) is 0. The lowest BCUT2D eigenvalue weighted by atomic mass is 10.2. The summed E-state index contributed by atoms with van der Waals surface area (Å²) in [5.74, 6) is 0.944. The number of hydrogen-bond donors (Lipinski definition) is 0. The molecule has 0 aliphatic heterocycles.